The zero-order chi connectivity index (χ0) is 18.7. The Bertz CT molecular complexity index is 795. The molecule has 1 atom stereocenters. The highest BCUT2D eigenvalue weighted by atomic mass is 35.5. The molecule has 0 bridgehead atoms. The predicted octanol–water partition coefficient (Wildman–Crippen LogP) is 4.25. The van der Waals surface area contributed by atoms with E-state index in [0.29, 0.717) is 47.7 Å². The number of nitrogens with zero attached hydrogens (tertiary/aromatic N) is 2. The molecular weight excluding hydrogens is 378 g/mol. The first-order valence-electron chi connectivity index (χ1n) is 8.35. The van der Waals surface area contributed by atoms with Crippen LogP contribution in [0.3, 0.4) is 0 Å². The molecule has 2 aromatic carbocycles. The van der Waals surface area contributed by atoms with Gasteiger partial charge in [0.25, 0.3) is 5.91 Å². The van der Waals surface area contributed by atoms with Gasteiger partial charge in [-0.3, -0.25) is 4.79 Å². The Kier molecular flexibility index (Phi) is 5.89. The molecule has 0 N–H and O–H groups in total. The Morgan fingerprint density at radius 1 is 1.12 bits per heavy atom. The minimum atomic E-state index is -0.673. The van der Waals surface area contributed by atoms with Crippen molar-refractivity contribution in [3.63, 3.8) is 0 Å². The molecule has 1 fully saturated rings. The standard InChI is InChI=1S/C19H19Cl2FN2O2/c1-13(26-18-7-6-14(20)12-15(18)21)19(25)24-10-8-23(9-11-24)17-5-3-2-4-16(17)22/h2-7,12-13H,8-11H2,1H3. The van der Waals surface area contributed by atoms with Crippen LogP contribution in [0.1, 0.15) is 6.92 Å². The number of hydrogen-bond acceptors (Lipinski definition) is 3. The van der Waals surface area contributed by atoms with Crippen molar-refractivity contribution >= 4 is 34.8 Å². The summed E-state index contributed by atoms with van der Waals surface area (Å²) in [5.74, 6) is 0.0486. The maximum absolute atomic E-state index is 13.9. The summed E-state index contributed by atoms with van der Waals surface area (Å²) in [7, 11) is 0. The van der Waals surface area contributed by atoms with Crippen LogP contribution in [0.5, 0.6) is 5.75 Å². The van der Waals surface area contributed by atoms with Gasteiger partial charge in [0.05, 0.1) is 10.7 Å². The molecule has 1 aliphatic heterocycles. The van der Waals surface area contributed by atoms with Gasteiger partial charge in [-0.2, -0.15) is 0 Å². The zero-order valence-electron chi connectivity index (χ0n) is 14.3. The van der Waals surface area contributed by atoms with Crippen molar-refractivity contribution < 1.29 is 13.9 Å². The fourth-order valence-electron chi connectivity index (χ4n) is 2.94. The first-order valence-corrected chi connectivity index (χ1v) is 9.11. The van der Waals surface area contributed by atoms with Crippen LogP contribution in [-0.2, 0) is 4.79 Å². The van der Waals surface area contributed by atoms with Crippen molar-refractivity contribution in [1.29, 1.82) is 0 Å². The fraction of sp³-hybridized carbons (Fsp3) is 0.316. The van der Waals surface area contributed by atoms with Gasteiger partial charge in [0.2, 0.25) is 0 Å². The van der Waals surface area contributed by atoms with Gasteiger partial charge in [-0.05, 0) is 37.3 Å². The number of anilines is 1. The molecule has 0 spiro atoms. The van der Waals surface area contributed by atoms with Gasteiger partial charge >= 0.3 is 0 Å². The molecule has 1 saturated heterocycles. The van der Waals surface area contributed by atoms with Gasteiger partial charge in [-0.15, -0.1) is 0 Å². The minimum absolute atomic E-state index is 0.121. The van der Waals surface area contributed by atoms with Crippen LogP contribution < -0.4 is 9.64 Å². The number of halogens is 3. The lowest BCUT2D eigenvalue weighted by Gasteiger charge is -2.37. The Hall–Kier alpha value is -1.98. The summed E-state index contributed by atoms with van der Waals surface area (Å²) >= 11 is 12.0. The van der Waals surface area contributed by atoms with Gasteiger partial charge in [-0.1, -0.05) is 35.3 Å². The molecule has 0 aliphatic carbocycles. The van der Waals surface area contributed by atoms with Crippen LogP contribution in [0, 0.1) is 5.82 Å². The molecule has 1 unspecified atom stereocenters. The molecular formula is C19H19Cl2FN2O2. The van der Waals surface area contributed by atoms with E-state index < -0.39 is 6.10 Å². The smallest absolute Gasteiger partial charge is 0.263 e. The highest BCUT2D eigenvalue weighted by Crippen LogP contribution is 2.28. The third kappa shape index (κ3) is 4.22. The summed E-state index contributed by atoms with van der Waals surface area (Å²) < 4.78 is 19.6. The largest absolute Gasteiger partial charge is 0.479 e. The average molecular weight is 397 g/mol. The summed E-state index contributed by atoms with van der Waals surface area (Å²) in [6.07, 6.45) is -0.673. The molecule has 2 aromatic rings. The molecule has 1 heterocycles. The number of carbonyl (C=O) groups is 1. The van der Waals surface area contributed by atoms with Crippen LogP contribution in [0.15, 0.2) is 42.5 Å². The summed E-state index contributed by atoms with van der Waals surface area (Å²) in [5, 5.41) is 0.868. The molecule has 1 amide bonds. The summed E-state index contributed by atoms with van der Waals surface area (Å²) in [6, 6.07) is 11.5. The number of benzene rings is 2. The normalized spacial score (nSPS) is 15.7. The summed E-state index contributed by atoms with van der Waals surface area (Å²) in [5.41, 5.74) is 0.567. The molecule has 1 aliphatic rings. The van der Waals surface area contributed by atoms with Gasteiger partial charge < -0.3 is 14.5 Å². The molecule has 0 aromatic heterocycles. The Labute approximate surface area is 162 Å². The molecule has 0 saturated carbocycles. The summed E-state index contributed by atoms with van der Waals surface area (Å²) in [6.45, 7) is 3.85. The second-order valence-corrected chi connectivity index (χ2v) is 6.94. The van der Waals surface area contributed by atoms with Gasteiger partial charge in [0.1, 0.15) is 11.6 Å². The average Bonchev–Trinajstić information content (AvgIpc) is 2.64. The van der Waals surface area contributed by atoms with Gasteiger partial charge in [-0.25, -0.2) is 4.39 Å². The Morgan fingerprint density at radius 2 is 1.81 bits per heavy atom. The van der Waals surface area contributed by atoms with Crippen molar-refractivity contribution in [2.24, 2.45) is 0 Å². The summed E-state index contributed by atoms with van der Waals surface area (Å²) in [4.78, 5) is 16.3. The molecule has 4 nitrogen and oxygen atoms in total. The first-order chi connectivity index (χ1) is 12.5. The number of para-hydroxylation sites is 1. The minimum Gasteiger partial charge on any atom is -0.479 e. The number of hydrogen-bond donors (Lipinski definition) is 0. The molecule has 138 valence electrons. The van der Waals surface area contributed by atoms with E-state index in [1.54, 1.807) is 42.2 Å². The third-order valence-electron chi connectivity index (χ3n) is 4.33. The van der Waals surface area contributed by atoms with Crippen LogP contribution in [0.4, 0.5) is 10.1 Å². The quantitative estimate of drug-likeness (QED) is 0.774. The van der Waals surface area contributed by atoms with E-state index in [4.69, 9.17) is 27.9 Å². The maximum Gasteiger partial charge on any atom is 0.263 e. The van der Waals surface area contributed by atoms with E-state index in [0.717, 1.165) is 0 Å². The van der Waals surface area contributed by atoms with Gasteiger partial charge in [0.15, 0.2) is 6.10 Å². The number of amides is 1. The molecule has 7 heteroatoms. The SMILES string of the molecule is CC(Oc1ccc(Cl)cc1Cl)C(=O)N1CCN(c2ccccc2F)CC1. The molecule has 3 rings (SSSR count). The van der Waals surface area contributed by atoms with E-state index in [1.165, 1.54) is 6.07 Å². The van der Waals surface area contributed by atoms with Crippen molar-refractivity contribution in [1.82, 2.24) is 4.90 Å². The van der Waals surface area contributed by atoms with Gasteiger partial charge in [0, 0.05) is 31.2 Å². The van der Waals surface area contributed by atoms with E-state index in [-0.39, 0.29) is 11.7 Å². The number of ether oxygens (including phenoxy) is 1. The highest BCUT2D eigenvalue weighted by Gasteiger charge is 2.27. The first kappa shape index (κ1) is 18.8. The topological polar surface area (TPSA) is 32.8 Å². The monoisotopic (exact) mass is 396 g/mol. The van der Waals surface area contributed by atoms with Crippen molar-refractivity contribution in [2.45, 2.75) is 13.0 Å². The van der Waals surface area contributed by atoms with E-state index >= 15 is 0 Å². The van der Waals surface area contributed by atoms with Crippen LogP contribution in [0.25, 0.3) is 0 Å². The molecule has 26 heavy (non-hydrogen) atoms. The fourth-order valence-corrected chi connectivity index (χ4v) is 3.40. The zero-order valence-corrected chi connectivity index (χ0v) is 15.8. The second kappa shape index (κ2) is 8.14. The van der Waals surface area contributed by atoms with E-state index in [2.05, 4.69) is 0 Å². The number of piperazine rings is 1. The van der Waals surface area contributed by atoms with Crippen molar-refractivity contribution in [3.8, 4) is 5.75 Å². The van der Waals surface area contributed by atoms with E-state index in [9.17, 15) is 9.18 Å². The number of rotatable bonds is 4. The van der Waals surface area contributed by atoms with E-state index in [1.807, 2.05) is 11.0 Å². The third-order valence-corrected chi connectivity index (χ3v) is 4.86. The van der Waals surface area contributed by atoms with Crippen molar-refractivity contribution in [3.05, 3.63) is 58.3 Å². The lowest BCUT2D eigenvalue weighted by molar-refractivity contribution is -0.138. The van der Waals surface area contributed by atoms with Crippen LogP contribution in [0.2, 0.25) is 10.0 Å². The molecule has 0 radical (unpaired) electrons. The Balaban J connectivity index is 1.58. The van der Waals surface area contributed by atoms with Crippen molar-refractivity contribution in [2.75, 3.05) is 31.1 Å². The predicted molar refractivity (Wildman–Crippen MR) is 102 cm³/mol. The maximum atomic E-state index is 13.9. The second-order valence-electron chi connectivity index (χ2n) is 6.10. The number of carbonyl (C=O) groups excluding carboxylic acids is 1. The lowest BCUT2D eigenvalue weighted by Crippen LogP contribution is -2.52. The van der Waals surface area contributed by atoms with Crippen LogP contribution >= 0.6 is 23.2 Å². The lowest BCUT2D eigenvalue weighted by atomic mass is 10.2. The Morgan fingerprint density at radius 3 is 2.46 bits per heavy atom. The highest BCUT2D eigenvalue weighted by molar-refractivity contribution is 6.35. The van der Waals surface area contributed by atoms with Crippen LogP contribution in [-0.4, -0.2) is 43.1 Å².